The van der Waals surface area contributed by atoms with E-state index in [1.54, 1.807) is 11.3 Å². The molecule has 1 heterocycles. The molecule has 13 heavy (non-hydrogen) atoms. The van der Waals surface area contributed by atoms with E-state index in [1.807, 2.05) is 24.3 Å². The van der Waals surface area contributed by atoms with Crippen LogP contribution >= 0.6 is 11.3 Å². The van der Waals surface area contributed by atoms with Gasteiger partial charge in [-0.2, -0.15) is 0 Å². The molecule has 2 heteroatoms. The molecule has 0 aliphatic rings. The predicted octanol–water partition coefficient (Wildman–Crippen LogP) is 2.91. The summed E-state index contributed by atoms with van der Waals surface area (Å²) in [6, 6.07) is 12.2. The highest BCUT2D eigenvalue weighted by atomic mass is 32.1. The van der Waals surface area contributed by atoms with Gasteiger partial charge in [0.1, 0.15) is 0 Å². The molecular formula is C11H10OS. The molecule has 0 bridgehead atoms. The van der Waals surface area contributed by atoms with E-state index in [9.17, 15) is 0 Å². The van der Waals surface area contributed by atoms with Crippen LogP contribution in [0.5, 0.6) is 0 Å². The number of hydrogen-bond acceptors (Lipinski definition) is 2. The van der Waals surface area contributed by atoms with Crippen LogP contribution in [0.2, 0.25) is 0 Å². The molecule has 66 valence electrons. The van der Waals surface area contributed by atoms with Crippen molar-refractivity contribution in [2.24, 2.45) is 0 Å². The molecule has 0 saturated heterocycles. The van der Waals surface area contributed by atoms with Gasteiger partial charge in [-0.25, -0.2) is 0 Å². The fourth-order valence-corrected chi connectivity index (χ4v) is 2.00. The molecule has 0 amide bonds. The van der Waals surface area contributed by atoms with Crippen molar-refractivity contribution in [1.82, 2.24) is 0 Å². The summed E-state index contributed by atoms with van der Waals surface area (Å²) in [5.74, 6) is 0. The van der Waals surface area contributed by atoms with Crippen LogP contribution in [0.15, 0.2) is 41.8 Å². The van der Waals surface area contributed by atoms with E-state index >= 15 is 0 Å². The molecule has 1 nitrogen and oxygen atoms in total. The van der Waals surface area contributed by atoms with Gasteiger partial charge in [-0.05, 0) is 22.6 Å². The Hall–Kier alpha value is -1.12. The Morgan fingerprint density at radius 1 is 1.08 bits per heavy atom. The number of aliphatic hydroxyl groups excluding tert-OH is 1. The highest BCUT2D eigenvalue weighted by Crippen LogP contribution is 2.25. The van der Waals surface area contributed by atoms with E-state index in [-0.39, 0.29) is 6.61 Å². The first-order valence-electron chi connectivity index (χ1n) is 4.14. The summed E-state index contributed by atoms with van der Waals surface area (Å²) in [5, 5.41) is 11.0. The molecule has 0 radical (unpaired) electrons. The van der Waals surface area contributed by atoms with E-state index in [2.05, 4.69) is 17.5 Å². The molecule has 0 atom stereocenters. The Kier molecular flexibility index (Phi) is 2.43. The topological polar surface area (TPSA) is 20.2 Å². The van der Waals surface area contributed by atoms with Crippen LogP contribution in [0, 0.1) is 0 Å². The molecule has 0 aliphatic heterocycles. The average Bonchev–Trinajstić information content (AvgIpc) is 2.67. The zero-order chi connectivity index (χ0) is 9.10. The van der Waals surface area contributed by atoms with Crippen LogP contribution in [-0.4, -0.2) is 5.11 Å². The van der Waals surface area contributed by atoms with Gasteiger partial charge in [0.25, 0.3) is 0 Å². The maximum atomic E-state index is 8.91. The summed E-state index contributed by atoms with van der Waals surface area (Å²) in [6.07, 6.45) is 0. The Balaban J connectivity index is 2.36. The van der Waals surface area contributed by atoms with Gasteiger partial charge in [-0.3, -0.25) is 0 Å². The molecule has 2 rings (SSSR count). The first-order chi connectivity index (χ1) is 6.40. The van der Waals surface area contributed by atoms with Gasteiger partial charge < -0.3 is 5.11 Å². The Morgan fingerprint density at radius 2 is 1.85 bits per heavy atom. The van der Waals surface area contributed by atoms with Crippen LogP contribution < -0.4 is 0 Å². The number of benzene rings is 1. The first-order valence-corrected chi connectivity index (χ1v) is 5.02. The Bertz CT molecular complexity index is 378. The lowest BCUT2D eigenvalue weighted by Crippen LogP contribution is -1.73. The summed E-state index contributed by atoms with van der Waals surface area (Å²) in [6.45, 7) is 0.136. The van der Waals surface area contributed by atoms with Gasteiger partial charge in [0.2, 0.25) is 0 Å². The molecule has 0 fully saturated rings. The monoisotopic (exact) mass is 190 g/mol. The third-order valence-electron chi connectivity index (χ3n) is 1.92. The first kappa shape index (κ1) is 8.48. The summed E-state index contributed by atoms with van der Waals surface area (Å²) >= 11 is 1.59. The van der Waals surface area contributed by atoms with Crippen molar-refractivity contribution in [3.8, 4) is 11.1 Å². The zero-order valence-corrected chi connectivity index (χ0v) is 7.92. The van der Waals surface area contributed by atoms with Crippen LogP contribution in [0.4, 0.5) is 0 Å². The van der Waals surface area contributed by atoms with Gasteiger partial charge >= 0.3 is 0 Å². The number of thiophene rings is 1. The van der Waals surface area contributed by atoms with Gasteiger partial charge in [-0.15, -0.1) is 11.3 Å². The van der Waals surface area contributed by atoms with Crippen molar-refractivity contribution >= 4 is 11.3 Å². The van der Waals surface area contributed by atoms with Crippen molar-refractivity contribution in [1.29, 1.82) is 0 Å². The molecule has 1 aromatic carbocycles. The highest BCUT2D eigenvalue weighted by molar-refractivity contribution is 7.10. The lowest BCUT2D eigenvalue weighted by Gasteiger charge is -1.94. The normalized spacial score (nSPS) is 10.2. The maximum Gasteiger partial charge on any atom is 0.0774 e. The molecule has 1 aromatic heterocycles. The quantitative estimate of drug-likeness (QED) is 0.772. The minimum absolute atomic E-state index is 0.136. The molecule has 1 N–H and O–H groups in total. The van der Waals surface area contributed by atoms with Crippen molar-refractivity contribution in [2.45, 2.75) is 6.61 Å². The van der Waals surface area contributed by atoms with Gasteiger partial charge in [-0.1, -0.05) is 30.3 Å². The summed E-state index contributed by atoms with van der Waals surface area (Å²) in [5.41, 5.74) is 2.40. The Morgan fingerprint density at radius 3 is 2.46 bits per heavy atom. The molecule has 0 spiro atoms. The zero-order valence-electron chi connectivity index (χ0n) is 7.10. The summed E-state index contributed by atoms with van der Waals surface area (Å²) in [7, 11) is 0. The van der Waals surface area contributed by atoms with E-state index in [0.29, 0.717) is 0 Å². The van der Waals surface area contributed by atoms with Crippen molar-refractivity contribution in [3.63, 3.8) is 0 Å². The van der Waals surface area contributed by atoms with E-state index in [0.717, 1.165) is 4.88 Å². The van der Waals surface area contributed by atoms with Crippen LogP contribution in [0.25, 0.3) is 11.1 Å². The second-order valence-electron chi connectivity index (χ2n) is 2.83. The van der Waals surface area contributed by atoms with Crippen LogP contribution in [0.3, 0.4) is 0 Å². The molecule has 0 saturated carbocycles. The molecule has 0 unspecified atom stereocenters. The maximum absolute atomic E-state index is 8.91. The average molecular weight is 190 g/mol. The second-order valence-corrected chi connectivity index (χ2v) is 3.82. The largest absolute Gasteiger partial charge is 0.391 e. The summed E-state index contributed by atoms with van der Waals surface area (Å²) in [4.78, 5) is 1.01. The van der Waals surface area contributed by atoms with Gasteiger partial charge in [0, 0.05) is 4.88 Å². The fraction of sp³-hybridized carbons (Fsp3) is 0.0909. The molecule has 0 aliphatic carbocycles. The predicted molar refractivity (Wildman–Crippen MR) is 55.7 cm³/mol. The second kappa shape index (κ2) is 3.73. The van der Waals surface area contributed by atoms with Gasteiger partial charge in [0.05, 0.1) is 6.61 Å². The smallest absolute Gasteiger partial charge is 0.0774 e. The van der Waals surface area contributed by atoms with Crippen molar-refractivity contribution in [2.75, 3.05) is 0 Å². The third-order valence-corrected chi connectivity index (χ3v) is 2.84. The standard InChI is InChI=1S/C11H10OS/c12-7-11-6-10(8-13-11)9-4-2-1-3-5-9/h1-6,8,12H,7H2. The lowest BCUT2D eigenvalue weighted by atomic mass is 10.1. The third kappa shape index (κ3) is 1.79. The van der Waals surface area contributed by atoms with Crippen LogP contribution in [-0.2, 0) is 6.61 Å². The van der Waals surface area contributed by atoms with Crippen LogP contribution in [0.1, 0.15) is 4.88 Å². The van der Waals surface area contributed by atoms with Gasteiger partial charge in [0.15, 0.2) is 0 Å². The number of rotatable bonds is 2. The lowest BCUT2D eigenvalue weighted by molar-refractivity contribution is 0.285. The van der Waals surface area contributed by atoms with E-state index in [1.165, 1.54) is 11.1 Å². The van der Waals surface area contributed by atoms with Crippen molar-refractivity contribution < 1.29 is 5.11 Å². The SMILES string of the molecule is OCc1cc(-c2ccccc2)cs1. The fourth-order valence-electron chi connectivity index (χ4n) is 1.25. The number of hydrogen-bond donors (Lipinski definition) is 1. The minimum atomic E-state index is 0.136. The van der Waals surface area contributed by atoms with E-state index in [4.69, 9.17) is 5.11 Å². The Labute approximate surface area is 81.3 Å². The molecular weight excluding hydrogens is 180 g/mol. The number of aliphatic hydroxyl groups is 1. The minimum Gasteiger partial charge on any atom is -0.391 e. The highest BCUT2D eigenvalue weighted by Gasteiger charge is 1.99. The summed E-state index contributed by atoms with van der Waals surface area (Å²) < 4.78 is 0. The van der Waals surface area contributed by atoms with E-state index < -0.39 is 0 Å². The molecule has 2 aromatic rings. The van der Waals surface area contributed by atoms with Crippen molar-refractivity contribution in [3.05, 3.63) is 46.7 Å².